The maximum Gasteiger partial charge on any atom is 0.254 e. The number of hydrogen-bond acceptors (Lipinski definition) is 5. The van der Waals surface area contributed by atoms with Crippen molar-refractivity contribution in [3.05, 3.63) is 65.5 Å². The van der Waals surface area contributed by atoms with E-state index in [1.54, 1.807) is 57.7 Å². The van der Waals surface area contributed by atoms with E-state index in [1.807, 2.05) is 6.92 Å². The first-order valence-electron chi connectivity index (χ1n) is 11.2. The smallest absolute Gasteiger partial charge is 0.254 e. The van der Waals surface area contributed by atoms with Gasteiger partial charge in [-0.25, -0.2) is 9.37 Å². The van der Waals surface area contributed by atoms with Crippen LogP contribution in [0.3, 0.4) is 0 Å². The molecule has 0 spiro atoms. The summed E-state index contributed by atoms with van der Waals surface area (Å²) in [4.78, 5) is 31.4. The van der Waals surface area contributed by atoms with E-state index in [2.05, 4.69) is 21.5 Å². The fourth-order valence-corrected chi connectivity index (χ4v) is 5.19. The number of fused-ring (bicyclic) bond motifs is 3. The van der Waals surface area contributed by atoms with Crippen molar-refractivity contribution in [3.63, 3.8) is 0 Å². The predicted molar refractivity (Wildman–Crippen MR) is 124 cm³/mol. The van der Waals surface area contributed by atoms with Gasteiger partial charge in [-0.1, -0.05) is 12.1 Å². The Bertz CT molecular complexity index is 1600. The number of pyridine rings is 1. The molecule has 1 aromatic carbocycles. The molecular weight excluding hydrogens is 449 g/mol. The lowest BCUT2D eigenvalue weighted by Gasteiger charge is -2.26. The summed E-state index contributed by atoms with van der Waals surface area (Å²) >= 11 is 0. The van der Waals surface area contributed by atoms with Crippen LogP contribution in [0.2, 0.25) is 0 Å². The number of benzene rings is 1. The van der Waals surface area contributed by atoms with Crippen LogP contribution in [0.4, 0.5) is 4.39 Å². The third kappa shape index (κ3) is 3.12. The molecule has 2 saturated heterocycles. The number of aryl methyl sites for hydroxylation is 2. The summed E-state index contributed by atoms with van der Waals surface area (Å²) in [6.45, 7) is 2.30. The fourth-order valence-electron chi connectivity index (χ4n) is 5.19. The van der Waals surface area contributed by atoms with Crippen LogP contribution < -0.4 is 5.32 Å². The van der Waals surface area contributed by atoms with Crippen molar-refractivity contribution < 1.29 is 14.0 Å². The van der Waals surface area contributed by atoms with Crippen LogP contribution >= 0.6 is 0 Å². The zero-order valence-corrected chi connectivity index (χ0v) is 19.0. The van der Waals surface area contributed by atoms with Crippen LogP contribution in [0.25, 0.3) is 28.0 Å². The van der Waals surface area contributed by atoms with Crippen molar-refractivity contribution in [1.82, 2.24) is 29.4 Å². The molecule has 6 rings (SSSR count). The van der Waals surface area contributed by atoms with Crippen LogP contribution in [0.1, 0.15) is 28.2 Å². The molecule has 0 saturated carbocycles. The van der Waals surface area contributed by atoms with Crippen molar-refractivity contribution >= 4 is 17.5 Å². The molecule has 2 bridgehead atoms. The average molecular weight is 469 g/mol. The molecule has 0 radical (unpaired) electrons. The van der Waals surface area contributed by atoms with Crippen LogP contribution in [-0.4, -0.2) is 54.5 Å². The van der Waals surface area contributed by atoms with Crippen LogP contribution in [0, 0.1) is 24.1 Å². The minimum Gasteiger partial charge on any atom is -0.350 e. The van der Waals surface area contributed by atoms with E-state index in [1.165, 1.54) is 6.07 Å². The fraction of sp³-hybridized carbons (Fsp3) is 0.240. The molecule has 35 heavy (non-hydrogen) atoms. The molecule has 2 amide bonds. The number of likely N-dealkylation sites (tertiary alicyclic amines) is 1. The summed E-state index contributed by atoms with van der Waals surface area (Å²) in [5.41, 5.74) is 3.28. The standard InChI is InChI=1S/C25H20FN7O2/c1-13-17(12-31(2)30-13)16-4-3-5-18(26)22(16)23-20(10-27)32-7-6-14(8-21(32)29-23)25(35)33-11-15-9-19(33)24(34)28-15/h3-8,12,15,19H,9,11H2,1-2H3,(H,28,34)/t15-,19-/m0/s1. The van der Waals surface area contributed by atoms with Gasteiger partial charge < -0.3 is 10.2 Å². The second-order valence-electron chi connectivity index (χ2n) is 8.94. The van der Waals surface area contributed by atoms with E-state index in [0.717, 1.165) is 11.3 Å². The molecule has 2 fully saturated rings. The molecule has 5 heterocycles. The quantitative estimate of drug-likeness (QED) is 0.496. The van der Waals surface area contributed by atoms with Gasteiger partial charge in [-0.2, -0.15) is 10.4 Å². The summed E-state index contributed by atoms with van der Waals surface area (Å²) in [5, 5.41) is 17.2. The second kappa shape index (κ2) is 7.50. The molecule has 2 aliphatic rings. The minimum atomic E-state index is -0.513. The third-order valence-corrected chi connectivity index (χ3v) is 6.74. The number of nitriles is 1. The maximum atomic E-state index is 15.3. The largest absolute Gasteiger partial charge is 0.350 e. The van der Waals surface area contributed by atoms with Gasteiger partial charge in [-0.3, -0.25) is 18.7 Å². The van der Waals surface area contributed by atoms with Gasteiger partial charge in [0.25, 0.3) is 5.91 Å². The van der Waals surface area contributed by atoms with Crippen molar-refractivity contribution in [2.75, 3.05) is 6.54 Å². The number of imidazole rings is 1. The highest BCUT2D eigenvalue weighted by Crippen LogP contribution is 2.37. The van der Waals surface area contributed by atoms with Gasteiger partial charge in [-0.15, -0.1) is 0 Å². The SMILES string of the molecule is Cc1nn(C)cc1-c1cccc(F)c1-c1nc2cc(C(=O)N3C[C@@H]4C[C@H]3C(=O)N4)ccn2c1C#N. The molecule has 174 valence electrons. The Hall–Kier alpha value is -4.52. The van der Waals surface area contributed by atoms with E-state index in [9.17, 15) is 14.9 Å². The summed E-state index contributed by atoms with van der Waals surface area (Å²) in [7, 11) is 1.79. The zero-order valence-electron chi connectivity index (χ0n) is 19.0. The number of hydrogen-bond donors (Lipinski definition) is 1. The summed E-state index contributed by atoms with van der Waals surface area (Å²) in [6.07, 6.45) is 4.00. The molecule has 1 N–H and O–H groups in total. The van der Waals surface area contributed by atoms with Crippen molar-refractivity contribution in [1.29, 1.82) is 5.26 Å². The Kier molecular flexibility index (Phi) is 4.51. The summed E-state index contributed by atoms with van der Waals surface area (Å²) in [5.74, 6) is -0.917. The number of nitrogens with zero attached hydrogens (tertiary/aromatic N) is 6. The molecule has 2 aliphatic heterocycles. The van der Waals surface area contributed by atoms with Gasteiger partial charge in [0.1, 0.15) is 29.3 Å². The number of halogens is 1. The van der Waals surface area contributed by atoms with E-state index in [-0.39, 0.29) is 34.8 Å². The van der Waals surface area contributed by atoms with Gasteiger partial charge in [0.15, 0.2) is 5.69 Å². The molecule has 0 unspecified atom stereocenters. The number of rotatable bonds is 3. The van der Waals surface area contributed by atoms with Gasteiger partial charge in [-0.05, 0) is 37.1 Å². The summed E-state index contributed by atoms with van der Waals surface area (Å²) in [6, 6.07) is 9.55. The normalized spacial score (nSPS) is 18.8. The molecular formula is C25H20FN7O2. The third-order valence-electron chi connectivity index (χ3n) is 6.74. The summed E-state index contributed by atoms with van der Waals surface area (Å²) < 4.78 is 18.4. The molecule has 10 heteroatoms. The Morgan fingerprint density at radius 1 is 1.29 bits per heavy atom. The van der Waals surface area contributed by atoms with Gasteiger partial charge >= 0.3 is 0 Å². The van der Waals surface area contributed by atoms with Crippen LogP contribution in [0.15, 0.2) is 42.7 Å². The van der Waals surface area contributed by atoms with Gasteiger partial charge in [0.2, 0.25) is 5.91 Å². The lowest BCUT2D eigenvalue weighted by atomic mass is 9.97. The van der Waals surface area contributed by atoms with E-state index in [0.29, 0.717) is 29.7 Å². The topological polar surface area (TPSA) is 108 Å². The van der Waals surface area contributed by atoms with Crippen LogP contribution in [-0.2, 0) is 11.8 Å². The first-order valence-corrected chi connectivity index (χ1v) is 11.2. The van der Waals surface area contributed by atoms with E-state index >= 15 is 4.39 Å². The molecule has 3 aromatic heterocycles. The highest BCUT2D eigenvalue weighted by Gasteiger charge is 2.46. The first kappa shape index (κ1) is 21.0. The van der Waals surface area contributed by atoms with Gasteiger partial charge in [0.05, 0.1) is 5.69 Å². The van der Waals surface area contributed by atoms with Crippen molar-refractivity contribution in [2.24, 2.45) is 7.05 Å². The number of piperazine rings is 1. The van der Waals surface area contributed by atoms with Crippen molar-refractivity contribution in [2.45, 2.75) is 25.4 Å². The Labute approximate surface area is 199 Å². The first-order chi connectivity index (χ1) is 16.9. The zero-order chi connectivity index (χ0) is 24.4. The molecule has 2 atom stereocenters. The average Bonchev–Trinajstić information content (AvgIpc) is 3.59. The van der Waals surface area contributed by atoms with Crippen molar-refractivity contribution in [3.8, 4) is 28.5 Å². The Morgan fingerprint density at radius 2 is 2.11 bits per heavy atom. The highest BCUT2D eigenvalue weighted by atomic mass is 19.1. The number of amides is 2. The molecule has 4 aromatic rings. The highest BCUT2D eigenvalue weighted by molar-refractivity contribution is 6.00. The number of nitrogens with one attached hydrogen (secondary N) is 1. The second-order valence-corrected chi connectivity index (χ2v) is 8.94. The molecule has 9 nitrogen and oxygen atoms in total. The van der Waals surface area contributed by atoms with E-state index < -0.39 is 11.9 Å². The monoisotopic (exact) mass is 469 g/mol. The van der Waals surface area contributed by atoms with E-state index in [4.69, 9.17) is 0 Å². The lowest BCUT2D eigenvalue weighted by Crippen LogP contribution is -2.50. The lowest BCUT2D eigenvalue weighted by molar-refractivity contribution is -0.124. The van der Waals surface area contributed by atoms with Crippen LogP contribution in [0.5, 0.6) is 0 Å². The Morgan fingerprint density at radius 3 is 2.80 bits per heavy atom. The number of carbonyl (C=O) groups is 2. The molecule has 0 aliphatic carbocycles. The predicted octanol–water partition coefficient (Wildman–Crippen LogP) is 2.43. The Balaban J connectivity index is 1.48. The number of aromatic nitrogens is 4. The van der Waals surface area contributed by atoms with Gasteiger partial charge in [0, 0.05) is 48.7 Å². The number of carbonyl (C=O) groups excluding carboxylic acids is 2. The minimum absolute atomic E-state index is 0.0150. The maximum absolute atomic E-state index is 15.3.